The summed E-state index contributed by atoms with van der Waals surface area (Å²) in [6.07, 6.45) is 2.38. The molecule has 25 heavy (non-hydrogen) atoms. The van der Waals surface area contributed by atoms with E-state index in [4.69, 9.17) is 5.11 Å². The summed E-state index contributed by atoms with van der Waals surface area (Å²) >= 11 is 3.32. The van der Waals surface area contributed by atoms with Crippen LogP contribution in [-0.4, -0.2) is 46.9 Å². The zero-order chi connectivity index (χ0) is 19.0. The molecule has 1 aromatic rings. The number of hydrogen-bond acceptors (Lipinski definition) is 3. The molecule has 0 saturated carbocycles. The fourth-order valence-electron chi connectivity index (χ4n) is 2.56. The van der Waals surface area contributed by atoms with Gasteiger partial charge in [-0.25, -0.2) is 4.79 Å². The molecule has 1 unspecified atom stereocenters. The van der Waals surface area contributed by atoms with E-state index in [-0.39, 0.29) is 18.4 Å². The van der Waals surface area contributed by atoms with Gasteiger partial charge < -0.3 is 15.3 Å². The van der Waals surface area contributed by atoms with Crippen molar-refractivity contribution in [2.24, 2.45) is 0 Å². The summed E-state index contributed by atoms with van der Waals surface area (Å²) in [5.74, 6) is -1.71. The van der Waals surface area contributed by atoms with Crippen LogP contribution in [0, 0.1) is 6.92 Å². The number of carbonyl (C=O) groups is 3. The Labute approximate surface area is 156 Å². The van der Waals surface area contributed by atoms with Crippen molar-refractivity contribution >= 4 is 33.7 Å². The molecule has 1 saturated heterocycles. The predicted molar refractivity (Wildman–Crippen MR) is 99.5 cm³/mol. The van der Waals surface area contributed by atoms with Gasteiger partial charge in [-0.05, 0) is 43.5 Å². The number of halogens is 1. The van der Waals surface area contributed by atoms with E-state index in [1.165, 1.54) is 11.3 Å². The summed E-state index contributed by atoms with van der Waals surface area (Å²) in [7, 11) is 0. The van der Waals surface area contributed by atoms with Crippen LogP contribution in [0.3, 0.4) is 0 Å². The second-order valence-corrected chi connectivity index (χ2v) is 6.85. The van der Waals surface area contributed by atoms with E-state index >= 15 is 0 Å². The first kappa shape index (κ1) is 21.2. The summed E-state index contributed by atoms with van der Waals surface area (Å²) in [5, 5.41) is 11.6. The number of hydrogen-bond donors (Lipinski definition) is 2. The largest absolute Gasteiger partial charge is 0.480 e. The van der Waals surface area contributed by atoms with Crippen LogP contribution in [0.5, 0.6) is 0 Å². The first-order valence-corrected chi connectivity index (χ1v) is 9.17. The summed E-state index contributed by atoms with van der Waals surface area (Å²) in [4.78, 5) is 36.6. The topological polar surface area (TPSA) is 86.7 Å². The molecule has 138 valence electrons. The van der Waals surface area contributed by atoms with Crippen LogP contribution in [0.2, 0.25) is 0 Å². The number of nitrogens with one attached hydrogen (secondary N) is 1. The van der Waals surface area contributed by atoms with Crippen molar-refractivity contribution < 1.29 is 19.5 Å². The van der Waals surface area contributed by atoms with Gasteiger partial charge in [0.25, 0.3) is 5.91 Å². The van der Waals surface area contributed by atoms with Gasteiger partial charge in [-0.1, -0.05) is 36.2 Å². The molecule has 1 heterocycles. The predicted octanol–water partition coefficient (Wildman–Crippen LogP) is 2.98. The van der Waals surface area contributed by atoms with Gasteiger partial charge in [-0.15, -0.1) is 0 Å². The van der Waals surface area contributed by atoms with Crippen molar-refractivity contribution in [1.82, 2.24) is 10.2 Å². The van der Waals surface area contributed by atoms with Gasteiger partial charge >= 0.3 is 5.97 Å². The Hall–Kier alpha value is -1.89. The number of aliphatic carboxylic acids is 1. The van der Waals surface area contributed by atoms with Crippen LogP contribution in [0.15, 0.2) is 22.7 Å². The number of carboxylic acids is 1. The summed E-state index contributed by atoms with van der Waals surface area (Å²) in [5.41, 5.74) is 1.29. The van der Waals surface area contributed by atoms with Crippen LogP contribution in [0.4, 0.5) is 0 Å². The Morgan fingerprint density at radius 3 is 2.52 bits per heavy atom. The molecule has 0 radical (unpaired) electrons. The minimum atomic E-state index is -0.999. The molecule has 0 aromatic heterocycles. The SMILES string of the molecule is CCC.Cc1cc(Br)ccc1C(=O)NCC(=O)N1CCCC1C(=O)O. The van der Waals surface area contributed by atoms with Crippen LogP contribution < -0.4 is 5.32 Å². The Bertz CT molecular complexity index is 634. The molecule has 2 N–H and O–H groups in total. The number of nitrogens with zero attached hydrogens (tertiary/aromatic N) is 1. The lowest BCUT2D eigenvalue weighted by Gasteiger charge is -2.21. The number of rotatable bonds is 4. The molecule has 1 fully saturated rings. The minimum Gasteiger partial charge on any atom is -0.480 e. The first-order valence-electron chi connectivity index (χ1n) is 8.38. The molecule has 2 amide bonds. The standard InChI is InChI=1S/C15H17BrN2O4.C3H8/c1-9-7-10(16)4-5-11(9)14(20)17-8-13(19)18-6-2-3-12(18)15(21)22;1-3-2/h4-5,7,12H,2-3,6,8H2,1H3,(H,17,20)(H,21,22);3H2,1-2H3. The quantitative estimate of drug-likeness (QED) is 0.795. The molecule has 1 aliphatic heterocycles. The third-order valence-electron chi connectivity index (χ3n) is 3.69. The molecule has 0 spiro atoms. The van der Waals surface area contributed by atoms with Crippen LogP contribution in [0.1, 0.15) is 49.0 Å². The summed E-state index contributed by atoms with van der Waals surface area (Å²) in [6.45, 7) is 6.28. The normalized spacial score (nSPS) is 16.0. The monoisotopic (exact) mass is 412 g/mol. The van der Waals surface area contributed by atoms with E-state index < -0.39 is 12.0 Å². The minimum absolute atomic E-state index is 0.196. The third kappa shape index (κ3) is 6.16. The molecule has 0 aliphatic carbocycles. The molecule has 7 heteroatoms. The fourth-order valence-corrected chi connectivity index (χ4v) is 3.03. The lowest BCUT2D eigenvalue weighted by Crippen LogP contribution is -2.45. The summed E-state index contributed by atoms with van der Waals surface area (Å²) in [6, 6.07) is 4.47. The maximum Gasteiger partial charge on any atom is 0.326 e. The van der Waals surface area contributed by atoms with Crippen LogP contribution in [0.25, 0.3) is 0 Å². The Morgan fingerprint density at radius 1 is 1.32 bits per heavy atom. The highest BCUT2D eigenvalue weighted by molar-refractivity contribution is 9.10. The van der Waals surface area contributed by atoms with Gasteiger partial charge in [0.15, 0.2) is 0 Å². The molecule has 6 nitrogen and oxygen atoms in total. The number of likely N-dealkylation sites (tertiary alicyclic amines) is 1. The highest BCUT2D eigenvalue weighted by Crippen LogP contribution is 2.18. The van der Waals surface area contributed by atoms with Crippen LogP contribution in [-0.2, 0) is 9.59 Å². The third-order valence-corrected chi connectivity index (χ3v) is 4.18. The number of benzene rings is 1. The Morgan fingerprint density at radius 2 is 1.96 bits per heavy atom. The van der Waals surface area contributed by atoms with Gasteiger partial charge in [0.05, 0.1) is 6.54 Å². The fraction of sp³-hybridized carbons (Fsp3) is 0.500. The van der Waals surface area contributed by atoms with E-state index in [0.29, 0.717) is 24.9 Å². The van der Waals surface area contributed by atoms with Crippen LogP contribution >= 0.6 is 15.9 Å². The number of amides is 2. The zero-order valence-corrected chi connectivity index (χ0v) is 16.4. The Kier molecular flexibility index (Phi) is 8.61. The van der Waals surface area contributed by atoms with Gasteiger partial charge in [0.2, 0.25) is 5.91 Å². The van der Waals surface area contributed by atoms with Gasteiger partial charge in [0.1, 0.15) is 6.04 Å². The lowest BCUT2D eigenvalue weighted by atomic mass is 10.1. The van der Waals surface area contributed by atoms with E-state index in [1.807, 2.05) is 13.0 Å². The first-order chi connectivity index (χ1) is 11.8. The van der Waals surface area contributed by atoms with Crippen molar-refractivity contribution in [3.05, 3.63) is 33.8 Å². The molecule has 1 aromatic carbocycles. The van der Waals surface area contributed by atoms with E-state index in [1.54, 1.807) is 12.1 Å². The molecular weight excluding hydrogens is 388 g/mol. The lowest BCUT2D eigenvalue weighted by molar-refractivity contribution is -0.147. The summed E-state index contributed by atoms with van der Waals surface area (Å²) < 4.78 is 0.874. The van der Waals surface area contributed by atoms with Crippen molar-refractivity contribution in [2.45, 2.75) is 46.1 Å². The second-order valence-electron chi connectivity index (χ2n) is 5.93. The average Bonchev–Trinajstić information content (AvgIpc) is 3.03. The van der Waals surface area contributed by atoms with Crippen molar-refractivity contribution in [1.29, 1.82) is 0 Å². The highest BCUT2D eigenvalue weighted by Gasteiger charge is 2.33. The molecule has 0 bridgehead atoms. The van der Waals surface area contributed by atoms with Gasteiger partial charge in [-0.3, -0.25) is 9.59 Å². The van der Waals surface area contributed by atoms with Crippen molar-refractivity contribution in [3.63, 3.8) is 0 Å². The molecule has 1 atom stereocenters. The zero-order valence-electron chi connectivity index (χ0n) is 14.8. The van der Waals surface area contributed by atoms with Crippen molar-refractivity contribution in [2.75, 3.05) is 13.1 Å². The Balaban J connectivity index is 0.000000970. The smallest absolute Gasteiger partial charge is 0.326 e. The van der Waals surface area contributed by atoms with E-state index in [9.17, 15) is 14.4 Å². The molecule has 1 aliphatic rings. The number of aryl methyl sites for hydroxylation is 1. The average molecular weight is 413 g/mol. The number of carboxylic acid groups (broad SMARTS) is 1. The van der Waals surface area contributed by atoms with Gasteiger partial charge in [0, 0.05) is 16.6 Å². The van der Waals surface area contributed by atoms with E-state index in [2.05, 4.69) is 35.1 Å². The molecular formula is C18H25BrN2O4. The maximum atomic E-state index is 12.1. The highest BCUT2D eigenvalue weighted by atomic mass is 79.9. The van der Waals surface area contributed by atoms with Crippen molar-refractivity contribution in [3.8, 4) is 0 Å². The second kappa shape index (κ2) is 10.2. The van der Waals surface area contributed by atoms with E-state index in [0.717, 1.165) is 10.0 Å². The maximum absolute atomic E-state index is 12.1. The number of carbonyl (C=O) groups excluding carboxylic acids is 2. The molecule has 2 rings (SSSR count). The van der Waals surface area contributed by atoms with Gasteiger partial charge in [-0.2, -0.15) is 0 Å².